The van der Waals surface area contributed by atoms with E-state index < -0.39 is 0 Å². The molecular weight excluding hydrogens is 388 g/mol. The summed E-state index contributed by atoms with van der Waals surface area (Å²) in [4.78, 5) is 12.8. The highest BCUT2D eigenvalue weighted by Crippen LogP contribution is 2.36. The summed E-state index contributed by atoms with van der Waals surface area (Å²) in [7, 11) is 0. The first kappa shape index (κ1) is 24.0. The molecule has 0 aliphatic carbocycles. The quantitative estimate of drug-likeness (QED) is 0.225. The molecule has 4 nitrogen and oxygen atoms in total. The molecule has 0 spiro atoms. The molecule has 0 saturated carbocycles. The van der Waals surface area contributed by atoms with E-state index in [1.807, 2.05) is 45.9 Å². The summed E-state index contributed by atoms with van der Waals surface area (Å²) in [5.41, 5.74) is 2.32. The fourth-order valence-corrected chi connectivity index (χ4v) is 2.96. The Balaban J connectivity index is 2.40. The van der Waals surface area contributed by atoms with Crippen molar-refractivity contribution in [3.05, 3.63) is 84.5 Å². The van der Waals surface area contributed by atoms with Gasteiger partial charge >= 0.3 is 0 Å². The number of ether oxygens (including phenoxy) is 3. The zero-order valence-electron chi connectivity index (χ0n) is 18.9. The molecule has 0 fully saturated rings. The lowest BCUT2D eigenvalue weighted by atomic mass is 10.0. The van der Waals surface area contributed by atoms with E-state index in [2.05, 4.69) is 13.2 Å². The molecule has 0 bridgehead atoms. The van der Waals surface area contributed by atoms with Crippen LogP contribution in [0.1, 0.15) is 49.2 Å². The summed E-state index contributed by atoms with van der Waals surface area (Å²) in [6.07, 6.45) is 7.45. The minimum absolute atomic E-state index is 0.0110. The summed E-state index contributed by atoms with van der Waals surface area (Å²) < 4.78 is 17.6. The minimum atomic E-state index is -0.115. The van der Waals surface area contributed by atoms with Gasteiger partial charge in [0.2, 0.25) is 0 Å². The molecule has 164 valence electrons. The van der Waals surface area contributed by atoms with Crippen LogP contribution < -0.4 is 14.2 Å². The van der Waals surface area contributed by atoms with Crippen molar-refractivity contribution in [2.24, 2.45) is 0 Å². The molecule has 2 aromatic rings. The maximum Gasteiger partial charge on any atom is 0.185 e. The van der Waals surface area contributed by atoms with Gasteiger partial charge in [-0.1, -0.05) is 24.8 Å². The van der Waals surface area contributed by atoms with Gasteiger partial charge in [0.25, 0.3) is 0 Å². The molecule has 0 atom stereocenters. The second-order valence-corrected chi connectivity index (χ2v) is 7.61. The van der Waals surface area contributed by atoms with Gasteiger partial charge in [-0.2, -0.15) is 0 Å². The summed E-state index contributed by atoms with van der Waals surface area (Å²) >= 11 is 0. The van der Waals surface area contributed by atoms with Crippen molar-refractivity contribution in [1.29, 1.82) is 0 Å². The van der Waals surface area contributed by atoms with E-state index in [4.69, 9.17) is 14.2 Å². The zero-order chi connectivity index (χ0) is 22.8. The molecule has 31 heavy (non-hydrogen) atoms. The molecular formula is C27H32O4. The lowest BCUT2D eigenvalue weighted by Crippen LogP contribution is -2.12. The van der Waals surface area contributed by atoms with Gasteiger partial charge in [-0.15, -0.1) is 6.58 Å². The number of ketones is 1. The molecule has 0 radical (unpaired) electrons. The van der Waals surface area contributed by atoms with Crippen LogP contribution in [-0.2, 0) is 6.42 Å². The number of hydrogen-bond donors (Lipinski definition) is 0. The first-order valence-electron chi connectivity index (χ1n) is 10.5. The molecule has 0 unspecified atom stereocenters. The van der Waals surface area contributed by atoms with Crippen LogP contribution >= 0.6 is 0 Å². The van der Waals surface area contributed by atoms with Gasteiger partial charge in [-0.25, -0.2) is 0 Å². The molecule has 0 saturated heterocycles. The van der Waals surface area contributed by atoms with Crippen molar-refractivity contribution < 1.29 is 19.0 Å². The fourth-order valence-electron chi connectivity index (χ4n) is 2.96. The van der Waals surface area contributed by atoms with Crippen LogP contribution in [0, 0.1) is 0 Å². The molecule has 0 aliphatic heterocycles. The number of carbonyl (C=O) groups is 1. The van der Waals surface area contributed by atoms with Crippen LogP contribution in [-0.4, -0.2) is 24.6 Å². The van der Waals surface area contributed by atoms with E-state index in [0.29, 0.717) is 35.8 Å². The Kier molecular flexibility index (Phi) is 9.13. The molecule has 0 amide bonds. The van der Waals surface area contributed by atoms with E-state index in [9.17, 15) is 4.79 Å². The predicted molar refractivity (Wildman–Crippen MR) is 127 cm³/mol. The van der Waals surface area contributed by atoms with Crippen LogP contribution in [0.3, 0.4) is 0 Å². The van der Waals surface area contributed by atoms with Crippen molar-refractivity contribution >= 4 is 11.9 Å². The topological polar surface area (TPSA) is 44.8 Å². The first-order valence-corrected chi connectivity index (χ1v) is 10.5. The second kappa shape index (κ2) is 11.8. The smallest absolute Gasteiger partial charge is 0.185 e. The third-order valence-corrected chi connectivity index (χ3v) is 4.23. The van der Waals surface area contributed by atoms with E-state index in [1.54, 1.807) is 42.5 Å². The summed E-state index contributed by atoms with van der Waals surface area (Å²) in [5.74, 6) is 1.97. The van der Waals surface area contributed by atoms with E-state index >= 15 is 0 Å². The van der Waals surface area contributed by atoms with Crippen molar-refractivity contribution in [2.45, 2.75) is 46.3 Å². The molecule has 0 aliphatic rings. The fraction of sp³-hybridized carbons (Fsp3) is 0.296. The Labute approximate surface area is 185 Å². The summed E-state index contributed by atoms with van der Waals surface area (Å²) in [6.45, 7) is 15.8. The lowest BCUT2D eigenvalue weighted by molar-refractivity contribution is 0.104. The third kappa shape index (κ3) is 7.18. The van der Waals surface area contributed by atoms with E-state index in [0.717, 1.165) is 11.1 Å². The Morgan fingerprint density at radius 1 is 0.935 bits per heavy atom. The third-order valence-electron chi connectivity index (χ3n) is 4.23. The molecule has 2 rings (SSSR count). The molecule has 0 aromatic heterocycles. The maximum absolute atomic E-state index is 12.8. The van der Waals surface area contributed by atoms with Gasteiger partial charge in [0.1, 0.15) is 23.9 Å². The maximum atomic E-state index is 12.8. The highest BCUT2D eigenvalue weighted by Gasteiger charge is 2.16. The predicted octanol–water partition coefficient (Wildman–Crippen LogP) is 6.45. The van der Waals surface area contributed by atoms with Crippen LogP contribution in [0.25, 0.3) is 6.08 Å². The van der Waals surface area contributed by atoms with Gasteiger partial charge in [0.15, 0.2) is 5.78 Å². The zero-order valence-corrected chi connectivity index (χ0v) is 18.9. The molecule has 4 heteroatoms. The minimum Gasteiger partial charge on any atom is -0.490 e. The molecule has 0 N–H and O–H groups in total. The van der Waals surface area contributed by atoms with E-state index in [1.165, 1.54) is 0 Å². The number of rotatable bonds is 12. The molecule has 2 aromatic carbocycles. The summed E-state index contributed by atoms with van der Waals surface area (Å²) in [6, 6.07) is 10.9. The van der Waals surface area contributed by atoms with Gasteiger partial charge in [-0.3, -0.25) is 4.79 Å². The van der Waals surface area contributed by atoms with Gasteiger partial charge in [-0.05, 0) is 82.2 Å². The number of benzene rings is 2. The van der Waals surface area contributed by atoms with Crippen molar-refractivity contribution in [3.8, 4) is 17.2 Å². The van der Waals surface area contributed by atoms with Crippen LogP contribution in [0.15, 0.2) is 67.8 Å². The monoisotopic (exact) mass is 420 g/mol. The SMILES string of the molecule is C=CCOc1ccc(C(=O)C=Cc2c(OC(C)C)ccc(CC=C)c2OC(C)C)cc1. The van der Waals surface area contributed by atoms with Gasteiger partial charge in [0, 0.05) is 5.56 Å². The Bertz CT molecular complexity index is 921. The van der Waals surface area contributed by atoms with Crippen molar-refractivity contribution in [2.75, 3.05) is 6.61 Å². The van der Waals surface area contributed by atoms with E-state index in [-0.39, 0.29) is 18.0 Å². The average Bonchev–Trinajstić information content (AvgIpc) is 2.73. The average molecular weight is 421 g/mol. The van der Waals surface area contributed by atoms with Crippen molar-refractivity contribution in [1.82, 2.24) is 0 Å². The first-order chi connectivity index (χ1) is 14.8. The molecule has 0 heterocycles. The van der Waals surface area contributed by atoms with Crippen LogP contribution in [0.4, 0.5) is 0 Å². The Hall–Kier alpha value is -3.27. The second-order valence-electron chi connectivity index (χ2n) is 7.61. The highest BCUT2D eigenvalue weighted by atomic mass is 16.5. The normalized spacial score (nSPS) is 11.0. The van der Waals surface area contributed by atoms with Crippen molar-refractivity contribution in [3.63, 3.8) is 0 Å². The number of carbonyl (C=O) groups excluding carboxylic acids is 1. The standard InChI is InChI=1S/C27H32O4/c1-7-9-22-12-17-26(30-19(3)4)24(27(22)31-20(5)6)15-16-25(28)21-10-13-23(14-11-21)29-18-8-2/h7-8,10-17,19-20H,1-2,9,18H2,3-6H3. The number of hydrogen-bond acceptors (Lipinski definition) is 4. The summed E-state index contributed by atoms with van der Waals surface area (Å²) in [5, 5.41) is 0. The van der Waals surface area contributed by atoms with Crippen LogP contribution in [0.2, 0.25) is 0 Å². The Morgan fingerprint density at radius 2 is 1.61 bits per heavy atom. The van der Waals surface area contributed by atoms with Crippen LogP contribution in [0.5, 0.6) is 17.2 Å². The van der Waals surface area contributed by atoms with Gasteiger partial charge in [0.05, 0.1) is 17.8 Å². The largest absolute Gasteiger partial charge is 0.490 e. The van der Waals surface area contributed by atoms with Gasteiger partial charge < -0.3 is 14.2 Å². The highest BCUT2D eigenvalue weighted by molar-refractivity contribution is 6.07. The number of allylic oxidation sites excluding steroid dienone is 2. The lowest BCUT2D eigenvalue weighted by Gasteiger charge is -2.20. The Morgan fingerprint density at radius 3 is 2.19 bits per heavy atom.